The van der Waals surface area contributed by atoms with Gasteiger partial charge in [-0.15, -0.1) is 10.2 Å². The van der Waals surface area contributed by atoms with E-state index in [2.05, 4.69) is 57.0 Å². The zero-order valence-electron chi connectivity index (χ0n) is 20.3. The zero-order chi connectivity index (χ0) is 22.1. The third-order valence-electron chi connectivity index (χ3n) is 4.38. The normalized spacial score (nSPS) is 12.3. The number of rotatable bonds is 11. The van der Waals surface area contributed by atoms with E-state index in [1.54, 1.807) is 12.1 Å². The van der Waals surface area contributed by atoms with Crippen molar-refractivity contribution in [2.75, 3.05) is 6.61 Å². The molecule has 164 valence electrons. The molecule has 8 heteroatoms. The van der Waals surface area contributed by atoms with Crippen LogP contribution in [0.5, 0.6) is 5.75 Å². The van der Waals surface area contributed by atoms with Crippen LogP contribution < -0.4 is 40.0 Å². The Morgan fingerprint density at radius 1 is 1.19 bits per heavy atom. The zero-order valence-corrected chi connectivity index (χ0v) is 23.0. The molecule has 0 saturated carbocycles. The second-order valence-electron chi connectivity index (χ2n) is 7.73. The predicted octanol–water partition coefficient (Wildman–Crippen LogP) is 2.99. The Bertz CT molecular complexity index is 895. The maximum absolute atomic E-state index is 12.7. The molecule has 0 aliphatic heterocycles. The van der Waals surface area contributed by atoms with Gasteiger partial charge in [-0.2, -0.15) is 0 Å². The van der Waals surface area contributed by atoms with Gasteiger partial charge in [-0.05, 0) is 69.9 Å². The number of thioether (sulfide) groups is 1. The molecule has 2 N–H and O–H groups in total. The Labute approximate surface area is 217 Å². The molecule has 1 heterocycles. The van der Waals surface area contributed by atoms with Gasteiger partial charge in [0.15, 0.2) is 9.35 Å². The first-order valence-corrected chi connectivity index (χ1v) is 11.8. The van der Waals surface area contributed by atoms with E-state index in [-0.39, 0.29) is 42.1 Å². The molecule has 0 spiro atoms. The van der Waals surface area contributed by atoms with Crippen molar-refractivity contribution in [1.29, 1.82) is 0 Å². The van der Waals surface area contributed by atoms with Crippen LogP contribution in [-0.4, -0.2) is 28.0 Å². The summed E-state index contributed by atoms with van der Waals surface area (Å²) in [7, 11) is 0. The molecule has 2 rings (SSSR count). The van der Waals surface area contributed by atoms with Crippen LogP contribution in [0.1, 0.15) is 64.3 Å². The third kappa shape index (κ3) is 10.0. The molecular weight excluding hydrogens is 437 g/mol. The van der Waals surface area contributed by atoms with E-state index < -0.39 is 0 Å². The number of carbonyl (C=O) groups is 1. The van der Waals surface area contributed by atoms with Crippen LogP contribution in [0.25, 0.3) is 0 Å². The molecule has 1 aromatic heterocycles. The first kappa shape index (κ1) is 28.1. The van der Waals surface area contributed by atoms with Crippen LogP contribution >= 0.6 is 23.1 Å². The maximum atomic E-state index is 12.7. The number of nitrogens with zero attached hydrogens (tertiary/aromatic N) is 2. The first-order chi connectivity index (χ1) is 14.3. The summed E-state index contributed by atoms with van der Waals surface area (Å²) in [5.41, 5.74) is 9.27. The number of nitrogens with two attached hydrogens (primary N) is 1. The Kier molecular flexibility index (Phi) is 12.9. The van der Waals surface area contributed by atoms with Crippen molar-refractivity contribution in [2.45, 2.75) is 57.2 Å². The standard InChI is InChI=1S/C23H31N3O2S2.Na.H/c1-15(2)7-6-8-17(5)13-14-28-19-11-9-18(10-12-19)20(27)22-25-26-23(30-22)29-21(24)16(3)4;;/h7,9-13,16,21H,6,8,14,24H2,1-5H3;;/q;+1;-1/b17-13+;;. The minimum Gasteiger partial charge on any atom is -1.00 e. The van der Waals surface area contributed by atoms with Crippen molar-refractivity contribution in [2.24, 2.45) is 11.7 Å². The molecule has 0 saturated heterocycles. The van der Waals surface area contributed by atoms with Crippen LogP contribution in [0.15, 0.2) is 51.9 Å². The minimum absolute atomic E-state index is 0. The molecule has 0 aliphatic rings. The molecule has 0 amide bonds. The first-order valence-electron chi connectivity index (χ1n) is 10.1. The Morgan fingerprint density at radius 3 is 2.48 bits per heavy atom. The molecule has 5 nitrogen and oxygen atoms in total. The van der Waals surface area contributed by atoms with Crippen molar-refractivity contribution in [3.63, 3.8) is 0 Å². The summed E-state index contributed by atoms with van der Waals surface area (Å²) >= 11 is 2.73. The maximum Gasteiger partial charge on any atom is 1.00 e. The van der Waals surface area contributed by atoms with Gasteiger partial charge in [0.2, 0.25) is 5.78 Å². The van der Waals surface area contributed by atoms with Crippen molar-refractivity contribution in [1.82, 2.24) is 10.2 Å². The minimum atomic E-state index is -0.140. The second kappa shape index (κ2) is 14.2. The van der Waals surface area contributed by atoms with Crippen LogP contribution in [0, 0.1) is 5.92 Å². The smallest absolute Gasteiger partial charge is 1.00 e. The van der Waals surface area contributed by atoms with Crippen LogP contribution in [0.2, 0.25) is 0 Å². The van der Waals surface area contributed by atoms with Gasteiger partial charge in [0.1, 0.15) is 12.4 Å². The fourth-order valence-electron chi connectivity index (χ4n) is 2.40. The molecule has 1 atom stereocenters. The van der Waals surface area contributed by atoms with Crippen molar-refractivity contribution in [3.05, 3.63) is 58.1 Å². The van der Waals surface area contributed by atoms with E-state index in [1.165, 1.54) is 34.2 Å². The van der Waals surface area contributed by atoms with E-state index in [0.717, 1.165) is 18.6 Å². The topological polar surface area (TPSA) is 78.1 Å². The van der Waals surface area contributed by atoms with Crippen LogP contribution in [0.4, 0.5) is 0 Å². The van der Waals surface area contributed by atoms with E-state index in [4.69, 9.17) is 10.5 Å². The van der Waals surface area contributed by atoms with Crippen molar-refractivity contribution >= 4 is 28.9 Å². The van der Waals surface area contributed by atoms with Gasteiger partial charge in [0.25, 0.3) is 0 Å². The van der Waals surface area contributed by atoms with Crippen LogP contribution in [0.3, 0.4) is 0 Å². The molecule has 31 heavy (non-hydrogen) atoms. The van der Waals surface area contributed by atoms with Crippen LogP contribution in [-0.2, 0) is 0 Å². The monoisotopic (exact) mass is 469 g/mol. The molecule has 1 aromatic carbocycles. The summed E-state index contributed by atoms with van der Waals surface area (Å²) in [5, 5.41) is 8.42. The third-order valence-corrected chi connectivity index (χ3v) is 6.74. The molecular formula is C23H32N3NaO2S2. The van der Waals surface area contributed by atoms with E-state index in [0.29, 0.717) is 27.4 Å². The summed E-state index contributed by atoms with van der Waals surface area (Å²) < 4.78 is 6.48. The number of hydrogen-bond donors (Lipinski definition) is 1. The van der Waals surface area contributed by atoms with E-state index >= 15 is 0 Å². The average Bonchev–Trinajstić information content (AvgIpc) is 3.16. The van der Waals surface area contributed by atoms with Crippen molar-refractivity contribution < 1.29 is 40.5 Å². The predicted molar refractivity (Wildman–Crippen MR) is 127 cm³/mol. The molecule has 1 unspecified atom stereocenters. The Hall–Kier alpha value is -0.960. The number of carbonyl (C=O) groups excluding carboxylic acids is 1. The van der Waals surface area contributed by atoms with E-state index in [1.807, 2.05) is 12.1 Å². The summed E-state index contributed by atoms with van der Waals surface area (Å²) in [6.07, 6.45) is 6.43. The average molecular weight is 470 g/mol. The van der Waals surface area contributed by atoms with Gasteiger partial charge in [-0.25, -0.2) is 0 Å². The fraction of sp³-hybridized carbons (Fsp3) is 0.435. The summed E-state index contributed by atoms with van der Waals surface area (Å²) in [6.45, 7) is 11.0. The van der Waals surface area contributed by atoms with Gasteiger partial charge in [-0.3, -0.25) is 4.79 Å². The van der Waals surface area contributed by atoms with Gasteiger partial charge in [0.05, 0.1) is 5.37 Å². The quantitative estimate of drug-likeness (QED) is 0.179. The molecule has 0 aliphatic carbocycles. The summed E-state index contributed by atoms with van der Waals surface area (Å²) in [4.78, 5) is 12.7. The van der Waals surface area contributed by atoms with Gasteiger partial charge < -0.3 is 11.9 Å². The fourth-order valence-corrected chi connectivity index (χ4v) is 4.29. The molecule has 0 bridgehead atoms. The van der Waals surface area contributed by atoms with Gasteiger partial charge >= 0.3 is 29.6 Å². The van der Waals surface area contributed by atoms with E-state index in [9.17, 15) is 4.79 Å². The SMILES string of the molecule is CC(C)=CCC/C(C)=C/COc1ccc(C(=O)c2nnc(SC(N)C(C)C)s2)cc1.[H-].[Na+]. The Balaban J connectivity index is 0.00000480. The number of ketones is 1. The molecule has 0 fully saturated rings. The number of ether oxygens (including phenoxy) is 1. The summed E-state index contributed by atoms with van der Waals surface area (Å²) in [5.74, 6) is 0.914. The number of hydrogen-bond acceptors (Lipinski definition) is 7. The van der Waals surface area contributed by atoms with Gasteiger partial charge in [-0.1, -0.05) is 54.2 Å². The second-order valence-corrected chi connectivity index (χ2v) is 10.1. The molecule has 0 radical (unpaired) electrons. The number of allylic oxidation sites excluding steroid dienone is 3. The largest absolute Gasteiger partial charge is 1.00 e. The number of benzene rings is 1. The molecule has 2 aromatic rings. The Morgan fingerprint density at radius 2 is 1.87 bits per heavy atom. The van der Waals surface area contributed by atoms with Crippen molar-refractivity contribution in [3.8, 4) is 5.75 Å². The number of aromatic nitrogens is 2. The summed E-state index contributed by atoms with van der Waals surface area (Å²) in [6, 6.07) is 7.14. The van der Waals surface area contributed by atoms with Gasteiger partial charge in [0, 0.05) is 5.56 Å².